The van der Waals surface area contributed by atoms with Gasteiger partial charge in [0, 0.05) is 12.6 Å². The van der Waals surface area contributed by atoms with Gasteiger partial charge in [0.2, 0.25) is 5.91 Å². The standard InChI is InChI=1S/C24H31ClN2O4/c1-29-20-6-8-21(9-7-20)31-14-11-24(28)26-19(17-27-12-3-4-13-27)15-18-5-10-23(30-2)22(25)16-18/h5-10,16,19H,3-4,11-15,17H2,1-2H3,(H,26,28)/t19-/m0/s1. The number of hydrogen-bond acceptors (Lipinski definition) is 5. The fourth-order valence-electron chi connectivity index (χ4n) is 3.79. The molecule has 31 heavy (non-hydrogen) atoms. The first-order valence-corrected chi connectivity index (χ1v) is 11.1. The Morgan fingerprint density at radius 3 is 2.42 bits per heavy atom. The molecule has 168 valence electrons. The Morgan fingerprint density at radius 1 is 1.06 bits per heavy atom. The number of rotatable bonds is 11. The quantitative estimate of drug-likeness (QED) is 0.566. The van der Waals surface area contributed by atoms with Crippen LogP contribution in [0.3, 0.4) is 0 Å². The van der Waals surface area contributed by atoms with Crippen LogP contribution in [0.4, 0.5) is 0 Å². The summed E-state index contributed by atoms with van der Waals surface area (Å²) in [5.74, 6) is 2.13. The lowest BCUT2D eigenvalue weighted by molar-refractivity contribution is -0.122. The summed E-state index contributed by atoms with van der Waals surface area (Å²) in [5, 5.41) is 3.77. The van der Waals surface area contributed by atoms with Crippen molar-refractivity contribution in [2.45, 2.75) is 31.7 Å². The molecule has 0 aromatic heterocycles. The third-order valence-corrected chi connectivity index (χ3v) is 5.69. The normalized spacial score (nSPS) is 14.8. The summed E-state index contributed by atoms with van der Waals surface area (Å²) in [7, 11) is 3.23. The lowest BCUT2D eigenvalue weighted by Crippen LogP contribution is -2.44. The van der Waals surface area contributed by atoms with Crippen LogP contribution in [0.15, 0.2) is 42.5 Å². The third-order valence-electron chi connectivity index (χ3n) is 5.40. The topological polar surface area (TPSA) is 60.0 Å². The van der Waals surface area contributed by atoms with Crippen LogP contribution in [0.2, 0.25) is 5.02 Å². The van der Waals surface area contributed by atoms with E-state index in [1.54, 1.807) is 14.2 Å². The molecule has 1 atom stereocenters. The molecule has 0 bridgehead atoms. The van der Waals surface area contributed by atoms with Crippen LogP contribution < -0.4 is 19.5 Å². The molecule has 1 aliphatic heterocycles. The predicted octanol–water partition coefficient (Wildman–Crippen LogP) is 3.95. The molecule has 1 saturated heterocycles. The van der Waals surface area contributed by atoms with E-state index in [1.807, 2.05) is 42.5 Å². The van der Waals surface area contributed by atoms with Crippen LogP contribution in [0.1, 0.15) is 24.8 Å². The maximum atomic E-state index is 12.6. The van der Waals surface area contributed by atoms with Crippen molar-refractivity contribution in [2.75, 3.05) is 40.5 Å². The number of amides is 1. The third kappa shape index (κ3) is 7.33. The average Bonchev–Trinajstić information content (AvgIpc) is 3.27. The monoisotopic (exact) mass is 446 g/mol. The lowest BCUT2D eigenvalue weighted by atomic mass is 10.0. The molecule has 1 amide bonds. The minimum absolute atomic E-state index is 0.0102. The van der Waals surface area contributed by atoms with E-state index in [0.717, 1.165) is 36.7 Å². The molecule has 7 heteroatoms. The molecular formula is C24H31ClN2O4. The van der Waals surface area contributed by atoms with E-state index in [4.69, 9.17) is 25.8 Å². The van der Waals surface area contributed by atoms with Crippen LogP contribution in [-0.4, -0.2) is 57.3 Å². The van der Waals surface area contributed by atoms with Gasteiger partial charge in [0.15, 0.2) is 0 Å². The highest BCUT2D eigenvalue weighted by molar-refractivity contribution is 6.32. The van der Waals surface area contributed by atoms with Crippen LogP contribution >= 0.6 is 11.6 Å². The fraction of sp³-hybridized carbons (Fsp3) is 0.458. The molecule has 2 aromatic rings. The number of ether oxygens (including phenoxy) is 3. The second-order valence-corrected chi connectivity index (χ2v) is 8.13. The number of benzene rings is 2. The summed E-state index contributed by atoms with van der Waals surface area (Å²) in [6, 6.07) is 13.1. The van der Waals surface area contributed by atoms with Crippen molar-refractivity contribution in [1.29, 1.82) is 0 Å². The Hall–Kier alpha value is -2.44. The molecule has 0 spiro atoms. The van der Waals surface area contributed by atoms with E-state index in [0.29, 0.717) is 30.2 Å². The van der Waals surface area contributed by atoms with Gasteiger partial charge in [0.1, 0.15) is 17.2 Å². The molecule has 0 unspecified atom stereocenters. The van der Waals surface area contributed by atoms with Crippen LogP contribution in [-0.2, 0) is 11.2 Å². The zero-order valence-electron chi connectivity index (χ0n) is 18.2. The lowest BCUT2D eigenvalue weighted by Gasteiger charge is -2.25. The predicted molar refractivity (Wildman–Crippen MR) is 122 cm³/mol. The van der Waals surface area contributed by atoms with Gasteiger partial charge in [-0.05, 0) is 74.3 Å². The fourth-order valence-corrected chi connectivity index (χ4v) is 4.07. The Kier molecular flexibility index (Phi) is 8.85. The minimum atomic E-state index is -0.0164. The van der Waals surface area contributed by atoms with Crippen molar-refractivity contribution >= 4 is 17.5 Å². The van der Waals surface area contributed by atoms with Crippen molar-refractivity contribution in [3.63, 3.8) is 0 Å². The van der Waals surface area contributed by atoms with Gasteiger partial charge in [0.25, 0.3) is 0 Å². The van der Waals surface area contributed by atoms with Crippen molar-refractivity contribution in [1.82, 2.24) is 10.2 Å². The zero-order valence-corrected chi connectivity index (χ0v) is 19.0. The first-order chi connectivity index (χ1) is 15.1. The zero-order chi connectivity index (χ0) is 22.1. The van der Waals surface area contributed by atoms with Gasteiger partial charge in [0.05, 0.1) is 32.3 Å². The second-order valence-electron chi connectivity index (χ2n) is 7.72. The number of hydrogen-bond donors (Lipinski definition) is 1. The Bertz CT molecular complexity index is 838. The molecule has 0 radical (unpaired) electrons. The minimum Gasteiger partial charge on any atom is -0.497 e. The van der Waals surface area contributed by atoms with E-state index in [2.05, 4.69) is 10.2 Å². The average molecular weight is 447 g/mol. The largest absolute Gasteiger partial charge is 0.497 e. The van der Waals surface area contributed by atoms with Crippen molar-refractivity contribution in [3.8, 4) is 17.2 Å². The number of nitrogens with one attached hydrogen (secondary N) is 1. The number of carbonyl (C=O) groups is 1. The number of carbonyl (C=O) groups excluding carboxylic acids is 1. The molecule has 0 saturated carbocycles. The molecule has 2 aromatic carbocycles. The Balaban J connectivity index is 1.53. The summed E-state index contributed by atoms with van der Waals surface area (Å²) < 4.78 is 16.1. The highest BCUT2D eigenvalue weighted by Gasteiger charge is 2.20. The van der Waals surface area contributed by atoms with E-state index in [1.165, 1.54) is 12.8 Å². The number of likely N-dealkylation sites (tertiary alicyclic amines) is 1. The van der Waals surface area contributed by atoms with Crippen LogP contribution in [0.25, 0.3) is 0 Å². The van der Waals surface area contributed by atoms with Crippen LogP contribution in [0.5, 0.6) is 17.2 Å². The van der Waals surface area contributed by atoms with Gasteiger partial charge < -0.3 is 24.4 Å². The Morgan fingerprint density at radius 2 is 1.77 bits per heavy atom. The van der Waals surface area contributed by atoms with Crippen molar-refractivity contribution in [3.05, 3.63) is 53.1 Å². The molecule has 0 aliphatic carbocycles. The SMILES string of the molecule is COc1ccc(OCCC(=O)N[C@@H](Cc2ccc(OC)c(Cl)c2)CN2CCCC2)cc1. The number of methoxy groups -OCH3 is 2. The van der Waals surface area contributed by atoms with E-state index >= 15 is 0 Å². The van der Waals surface area contributed by atoms with Gasteiger partial charge in [-0.1, -0.05) is 17.7 Å². The number of nitrogens with zero attached hydrogens (tertiary/aromatic N) is 1. The van der Waals surface area contributed by atoms with Gasteiger partial charge in [-0.2, -0.15) is 0 Å². The van der Waals surface area contributed by atoms with Gasteiger partial charge in [-0.15, -0.1) is 0 Å². The molecular weight excluding hydrogens is 416 g/mol. The molecule has 1 N–H and O–H groups in total. The summed E-state index contributed by atoms with van der Waals surface area (Å²) in [6.07, 6.45) is 3.44. The van der Waals surface area contributed by atoms with E-state index in [-0.39, 0.29) is 11.9 Å². The summed E-state index contributed by atoms with van der Waals surface area (Å²) >= 11 is 6.29. The van der Waals surface area contributed by atoms with Crippen molar-refractivity contribution < 1.29 is 19.0 Å². The highest BCUT2D eigenvalue weighted by atomic mass is 35.5. The smallest absolute Gasteiger partial charge is 0.223 e. The Labute approximate surface area is 189 Å². The maximum absolute atomic E-state index is 12.6. The van der Waals surface area contributed by atoms with Crippen LogP contribution in [0, 0.1) is 0 Å². The molecule has 1 aliphatic rings. The van der Waals surface area contributed by atoms with Gasteiger partial charge in [-0.3, -0.25) is 4.79 Å². The maximum Gasteiger partial charge on any atom is 0.223 e. The second kappa shape index (κ2) is 11.8. The first kappa shape index (κ1) is 23.2. The van der Waals surface area contributed by atoms with Gasteiger partial charge in [-0.25, -0.2) is 0 Å². The highest BCUT2D eigenvalue weighted by Crippen LogP contribution is 2.25. The number of halogens is 1. The summed E-state index contributed by atoms with van der Waals surface area (Å²) in [4.78, 5) is 15.0. The van der Waals surface area contributed by atoms with Gasteiger partial charge >= 0.3 is 0 Å². The summed E-state index contributed by atoms with van der Waals surface area (Å²) in [6.45, 7) is 3.31. The van der Waals surface area contributed by atoms with Crippen molar-refractivity contribution in [2.24, 2.45) is 0 Å². The molecule has 6 nitrogen and oxygen atoms in total. The summed E-state index contributed by atoms with van der Waals surface area (Å²) in [5.41, 5.74) is 1.07. The molecule has 1 heterocycles. The molecule has 1 fully saturated rings. The first-order valence-electron chi connectivity index (χ1n) is 10.7. The molecule has 3 rings (SSSR count). The van der Waals surface area contributed by atoms with E-state index < -0.39 is 0 Å². The van der Waals surface area contributed by atoms with E-state index in [9.17, 15) is 4.79 Å².